The maximum absolute atomic E-state index is 12.7. The Labute approximate surface area is 172 Å². The molecular weight excluding hydrogens is 396 g/mol. The molecule has 3 heterocycles. The lowest BCUT2D eigenvalue weighted by Gasteiger charge is -2.34. The van der Waals surface area contributed by atoms with Gasteiger partial charge in [0.25, 0.3) is 5.56 Å². The number of aromatic nitrogens is 2. The molecule has 1 aromatic carbocycles. The standard InChI is InChI=1S/C20H21ClN4O2S/c21-19-16(13-23-25(20(19)26)15-5-2-1-3-6-15)22-14-17(18-7-4-12-28-18)24-8-10-27-11-9-24/h1-7,12-13,17,22H,8-11,14H2/t17-/m1/s1. The van der Waals surface area contributed by atoms with Crippen molar-refractivity contribution in [3.8, 4) is 5.69 Å². The molecule has 1 N–H and O–H groups in total. The summed E-state index contributed by atoms with van der Waals surface area (Å²) in [5.74, 6) is 0. The summed E-state index contributed by atoms with van der Waals surface area (Å²) in [5, 5.41) is 9.85. The highest BCUT2D eigenvalue weighted by Crippen LogP contribution is 2.27. The van der Waals surface area contributed by atoms with Crippen LogP contribution in [0.3, 0.4) is 0 Å². The molecule has 4 rings (SSSR count). The number of ether oxygens (including phenoxy) is 1. The third-order valence-electron chi connectivity index (χ3n) is 4.76. The van der Waals surface area contributed by atoms with Gasteiger partial charge in [-0.3, -0.25) is 9.69 Å². The van der Waals surface area contributed by atoms with Gasteiger partial charge in [0.1, 0.15) is 5.02 Å². The minimum atomic E-state index is -0.336. The highest BCUT2D eigenvalue weighted by Gasteiger charge is 2.24. The van der Waals surface area contributed by atoms with Crippen molar-refractivity contribution in [1.82, 2.24) is 14.7 Å². The van der Waals surface area contributed by atoms with E-state index >= 15 is 0 Å². The van der Waals surface area contributed by atoms with E-state index in [1.807, 2.05) is 30.3 Å². The van der Waals surface area contributed by atoms with Crippen molar-refractivity contribution in [2.45, 2.75) is 6.04 Å². The van der Waals surface area contributed by atoms with Crippen molar-refractivity contribution in [2.75, 3.05) is 38.2 Å². The van der Waals surface area contributed by atoms with Gasteiger partial charge in [-0.1, -0.05) is 35.9 Å². The summed E-state index contributed by atoms with van der Waals surface area (Å²) in [6, 6.07) is 13.6. The van der Waals surface area contributed by atoms with Crippen LogP contribution in [0.4, 0.5) is 5.69 Å². The zero-order valence-corrected chi connectivity index (χ0v) is 16.8. The van der Waals surface area contributed by atoms with Crippen LogP contribution in [0.2, 0.25) is 5.02 Å². The van der Waals surface area contributed by atoms with Crippen LogP contribution >= 0.6 is 22.9 Å². The lowest BCUT2D eigenvalue weighted by Crippen LogP contribution is -2.41. The molecule has 0 amide bonds. The second kappa shape index (κ2) is 8.87. The summed E-state index contributed by atoms with van der Waals surface area (Å²) in [6.07, 6.45) is 1.61. The third-order valence-corrected chi connectivity index (χ3v) is 6.10. The van der Waals surface area contributed by atoms with Crippen LogP contribution in [0.15, 0.2) is 58.8 Å². The molecule has 0 bridgehead atoms. The number of hydrogen-bond acceptors (Lipinski definition) is 6. The minimum Gasteiger partial charge on any atom is -0.380 e. The molecule has 0 saturated carbocycles. The van der Waals surface area contributed by atoms with Gasteiger partial charge < -0.3 is 10.1 Å². The summed E-state index contributed by atoms with van der Waals surface area (Å²) >= 11 is 8.11. The predicted molar refractivity (Wildman–Crippen MR) is 113 cm³/mol. The number of thiophene rings is 1. The number of para-hydroxylation sites is 1. The number of nitrogens with zero attached hydrogens (tertiary/aromatic N) is 3. The number of anilines is 1. The average molecular weight is 417 g/mol. The largest absolute Gasteiger partial charge is 0.380 e. The van der Waals surface area contributed by atoms with Crippen molar-refractivity contribution < 1.29 is 4.74 Å². The van der Waals surface area contributed by atoms with Gasteiger partial charge >= 0.3 is 0 Å². The van der Waals surface area contributed by atoms with E-state index < -0.39 is 0 Å². The predicted octanol–water partition coefficient (Wildman–Crippen LogP) is 3.43. The van der Waals surface area contributed by atoms with Gasteiger partial charge in [-0.2, -0.15) is 9.78 Å². The molecule has 0 spiro atoms. The number of morpholine rings is 1. The maximum atomic E-state index is 12.7. The fourth-order valence-electron chi connectivity index (χ4n) is 3.30. The molecule has 3 aromatic rings. The highest BCUT2D eigenvalue weighted by atomic mass is 35.5. The second-order valence-electron chi connectivity index (χ2n) is 6.49. The quantitative estimate of drug-likeness (QED) is 0.667. The van der Waals surface area contributed by atoms with Gasteiger partial charge in [-0.15, -0.1) is 11.3 Å². The van der Waals surface area contributed by atoms with Crippen LogP contribution in [0.1, 0.15) is 10.9 Å². The first-order chi connectivity index (χ1) is 13.7. The molecule has 8 heteroatoms. The van der Waals surface area contributed by atoms with Gasteiger partial charge in [0, 0.05) is 24.5 Å². The summed E-state index contributed by atoms with van der Waals surface area (Å²) in [5.41, 5.74) is 0.899. The molecule has 146 valence electrons. The number of benzene rings is 1. The molecule has 0 aliphatic carbocycles. The smallest absolute Gasteiger partial charge is 0.292 e. The Hall–Kier alpha value is -2.19. The SMILES string of the molecule is O=c1c(Cl)c(NC[C@H](c2cccs2)N2CCOCC2)cnn1-c1ccccc1. The highest BCUT2D eigenvalue weighted by molar-refractivity contribution is 7.10. The van der Waals surface area contributed by atoms with Crippen LogP contribution in [0.5, 0.6) is 0 Å². The Kier molecular flexibility index (Phi) is 6.07. The van der Waals surface area contributed by atoms with Crippen LogP contribution in [-0.2, 0) is 4.74 Å². The molecule has 28 heavy (non-hydrogen) atoms. The van der Waals surface area contributed by atoms with E-state index in [0.717, 1.165) is 26.3 Å². The molecule has 1 fully saturated rings. The molecule has 1 saturated heterocycles. The summed E-state index contributed by atoms with van der Waals surface area (Å²) in [6.45, 7) is 3.86. The van der Waals surface area contributed by atoms with Crippen molar-refractivity contribution in [2.24, 2.45) is 0 Å². The monoisotopic (exact) mass is 416 g/mol. The molecular formula is C20H21ClN4O2S. The second-order valence-corrected chi connectivity index (χ2v) is 7.84. The van der Waals surface area contributed by atoms with E-state index in [1.165, 1.54) is 9.56 Å². The Morgan fingerprint density at radius 1 is 1.18 bits per heavy atom. The summed E-state index contributed by atoms with van der Waals surface area (Å²) in [7, 11) is 0. The molecule has 1 aliphatic heterocycles. The first-order valence-electron chi connectivity index (χ1n) is 9.16. The van der Waals surface area contributed by atoms with E-state index in [4.69, 9.17) is 16.3 Å². The van der Waals surface area contributed by atoms with Crippen LogP contribution in [0, 0.1) is 0 Å². The molecule has 0 radical (unpaired) electrons. The van der Waals surface area contributed by atoms with Gasteiger partial charge in [-0.25, -0.2) is 0 Å². The first kappa shape index (κ1) is 19.1. The average Bonchev–Trinajstić information content (AvgIpc) is 3.27. The van der Waals surface area contributed by atoms with E-state index in [1.54, 1.807) is 17.5 Å². The van der Waals surface area contributed by atoms with E-state index in [0.29, 0.717) is 17.9 Å². The molecule has 2 aromatic heterocycles. The van der Waals surface area contributed by atoms with Crippen molar-refractivity contribution in [3.05, 3.63) is 74.3 Å². The van der Waals surface area contributed by atoms with Crippen molar-refractivity contribution in [1.29, 1.82) is 0 Å². The van der Waals surface area contributed by atoms with E-state index in [-0.39, 0.29) is 16.6 Å². The Balaban J connectivity index is 1.54. The first-order valence-corrected chi connectivity index (χ1v) is 10.4. The Morgan fingerprint density at radius 3 is 2.68 bits per heavy atom. The van der Waals surface area contributed by atoms with Gasteiger partial charge in [0.15, 0.2) is 0 Å². The van der Waals surface area contributed by atoms with Gasteiger partial charge in [-0.05, 0) is 23.6 Å². The summed E-state index contributed by atoms with van der Waals surface area (Å²) in [4.78, 5) is 16.3. The zero-order chi connectivity index (χ0) is 19.3. The number of nitrogens with one attached hydrogen (secondary N) is 1. The normalized spacial score (nSPS) is 16.0. The van der Waals surface area contributed by atoms with E-state index in [2.05, 4.69) is 32.8 Å². The lowest BCUT2D eigenvalue weighted by molar-refractivity contribution is 0.0194. The van der Waals surface area contributed by atoms with Gasteiger partial charge in [0.05, 0.1) is 36.8 Å². The van der Waals surface area contributed by atoms with Crippen LogP contribution in [-0.4, -0.2) is 47.5 Å². The van der Waals surface area contributed by atoms with Crippen molar-refractivity contribution >= 4 is 28.6 Å². The minimum absolute atomic E-state index is 0.144. The lowest BCUT2D eigenvalue weighted by atomic mass is 10.2. The number of halogens is 1. The number of rotatable bonds is 6. The fourth-order valence-corrected chi connectivity index (χ4v) is 4.35. The topological polar surface area (TPSA) is 59.4 Å². The fraction of sp³-hybridized carbons (Fsp3) is 0.300. The zero-order valence-electron chi connectivity index (χ0n) is 15.3. The van der Waals surface area contributed by atoms with Crippen LogP contribution in [0.25, 0.3) is 5.69 Å². The maximum Gasteiger partial charge on any atom is 0.292 e. The molecule has 1 aliphatic rings. The van der Waals surface area contributed by atoms with Gasteiger partial charge in [0.2, 0.25) is 0 Å². The van der Waals surface area contributed by atoms with Crippen molar-refractivity contribution in [3.63, 3.8) is 0 Å². The molecule has 6 nitrogen and oxygen atoms in total. The molecule has 1 atom stereocenters. The molecule has 0 unspecified atom stereocenters. The van der Waals surface area contributed by atoms with Crippen LogP contribution < -0.4 is 10.9 Å². The third kappa shape index (κ3) is 4.12. The summed E-state index contributed by atoms with van der Waals surface area (Å²) < 4.78 is 6.80. The number of hydrogen-bond donors (Lipinski definition) is 1. The Bertz CT molecular complexity index is 956. The Morgan fingerprint density at radius 2 is 1.96 bits per heavy atom. The van der Waals surface area contributed by atoms with E-state index in [9.17, 15) is 4.79 Å².